The summed E-state index contributed by atoms with van der Waals surface area (Å²) in [6, 6.07) is 3.36. The number of ether oxygens (including phenoxy) is 2. The van der Waals surface area contributed by atoms with E-state index in [9.17, 15) is 4.79 Å². The molecule has 108 valence electrons. The Kier molecular flexibility index (Phi) is 4.29. The largest absolute Gasteiger partial charge is 0.486 e. The molecule has 1 aromatic rings. The summed E-state index contributed by atoms with van der Waals surface area (Å²) in [5, 5.41) is 9.15. The third kappa shape index (κ3) is 2.93. The van der Waals surface area contributed by atoms with Gasteiger partial charge >= 0.3 is 5.97 Å². The van der Waals surface area contributed by atoms with E-state index in [2.05, 4.69) is 6.58 Å². The fourth-order valence-electron chi connectivity index (χ4n) is 2.20. The molecule has 0 bridgehead atoms. The Bertz CT molecular complexity index is 521. The van der Waals surface area contributed by atoms with Crippen molar-refractivity contribution < 1.29 is 19.4 Å². The summed E-state index contributed by atoms with van der Waals surface area (Å²) in [6.07, 6.45) is 3.29. The van der Waals surface area contributed by atoms with E-state index in [-0.39, 0.29) is 17.7 Å². The highest BCUT2D eigenvalue weighted by Gasteiger charge is 2.29. The SMILES string of the molecule is C=CCOc1c(OC2CC(N)C2)ccc(C(=O)O)c1C. The Hall–Kier alpha value is -2.01. The highest BCUT2D eigenvalue weighted by molar-refractivity contribution is 5.90. The number of rotatable bonds is 6. The van der Waals surface area contributed by atoms with Crippen molar-refractivity contribution in [2.45, 2.75) is 31.9 Å². The standard InChI is InChI=1S/C15H19NO4/c1-3-6-19-14-9(2)12(15(17)18)4-5-13(14)20-11-7-10(16)8-11/h3-5,10-11H,1,6-8,16H2,2H3,(H,17,18). The Morgan fingerprint density at radius 3 is 2.80 bits per heavy atom. The second-order valence-electron chi connectivity index (χ2n) is 4.94. The van der Waals surface area contributed by atoms with Crippen LogP contribution in [-0.4, -0.2) is 29.8 Å². The Balaban J connectivity index is 2.26. The maximum atomic E-state index is 11.2. The molecule has 0 spiro atoms. The summed E-state index contributed by atoms with van der Waals surface area (Å²) in [5.41, 5.74) is 6.50. The van der Waals surface area contributed by atoms with Crippen molar-refractivity contribution in [3.8, 4) is 11.5 Å². The van der Waals surface area contributed by atoms with Crippen LogP contribution in [0.15, 0.2) is 24.8 Å². The molecular weight excluding hydrogens is 258 g/mol. The first-order chi connectivity index (χ1) is 9.52. The molecule has 2 rings (SSSR count). The third-order valence-electron chi connectivity index (χ3n) is 3.37. The predicted octanol–water partition coefficient (Wildman–Crippen LogP) is 2.13. The van der Waals surface area contributed by atoms with Gasteiger partial charge in [0.15, 0.2) is 11.5 Å². The van der Waals surface area contributed by atoms with Crippen molar-refractivity contribution in [3.05, 3.63) is 35.9 Å². The predicted molar refractivity (Wildman–Crippen MR) is 75.5 cm³/mol. The van der Waals surface area contributed by atoms with Crippen molar-refractivity contribution in [1.82, 2.24) is 0 Å². The first-order valence-corrected chi connectivity index (χ1v) is 6.55. The van der Waals surface area contributed by atoms with Crippen LogP contribution in [0.4, 0.5) is 0 Å². The van der Waals surface area contributed by atoms with Gasteiger partial charge in [0.2, 0.25) is 0 Å². The molecule has 5 nitrogen and oxygen atoms in total. The first-order valence-electron chi connectivity index (χ1n) is 6.55. The lowest BCUT2D eigenvalue weighted by molar-refractivity contribution is 0.0695. The fraction of sp³-hybridized carbons (Fsp3) is 0.400. The second-order valence-corrected chi connectivity index (χ2v) is 4.94. The number of nitrogens with two attached hydrogens (primary N) is 1. The molecule has 0 atom stereocenters. The number of carboxylic acids is 1. The van der Waals surface area contributed by atoms with Gasteiger partial charge < -0.3 is 20.3 Å². The average molecular weight is 277 g/mol. The van der Waals surface area contributed by atoms with Gasteiger partial charge in [-0.15, -0.1) is 0 Å². The molecule has 1 aliphatic rings. The minimum Gasteiger partial charge on any atom is -0.486 e. The summed E-state index contributed by atoms with van der Waals surface area (Å²) >= 11 is 0. The van der Waals surface area contributed by atoms with Gasteiger partial charge in [-0.05, 0) is 31.9 Å². The van der Waals surface area contributed by atoms with Gasteiger partial charge in [-0.25, -0.2) is 4.79 Å². The molecule has 0 aromatic heterocycles. The number of carbonyl (C=O) groups is 1. The maximum absolute atomic E-state index is 11.2. The smallest absolute Gasteiger partial charge is 0.336 e. The van der Waals surface area contributed by atoms with Gasteiger partial charge in [-0.1, -0.05) is 12.7 Å². The monoisotopic (exact) mass is 277 g/mol. The molecule has 20 heavy (non-hydrogen) atoms. The number of hydrogen-bond acceptors (Lipinski definition) is 4. The summed E-state index contributed by atoms with van der Waals surface area (Å²) in [5.74, 6) is 0.0414. The van der Waals surface area contributed by atoms with E-state index < -0.39 is 5.97 Å². The third-order valence-corrected chi connectivity index (χ3v) is 3.37. The van der Waals surface area contributed by atoms with Gasteiger partial charge in [-0.3, -0.25) is 0 Å². The molecule has 0 unspecified atom stereocenters. The van der Waals surface area contributed by atoms with E-state index in [1.807, 2.05) is 0 Å². The van der Waals surface area contributed by atoms with Crippen molar-refractivity contribution in [2.24, 2.45) is 5.73 Å². The van der Waals surface area contributed by atoms with Crippen LogP contribution in [0, 0.1) is 6.92 Å². The van der Waals surface area contributed by atoms with Crippen LogP contribution in [0.5, 0.6) is 11.5 Å². The van der Waals surface area contributed by atoms with Gasteiger partial charge in [0.1, 0.15) is 12.7 Å². The highest BCUT2D eigenvalue weighted by atomic mass is 16.5. The molecule has 0 amide bonds. The van der Waals surface area contributed by atoms with E-state index in [4.69, 9.17) is 20.3 Å². The Morgan fingerprint density at radius 2 is 2.25 bits per heavy atom. The molecule has 1 saturated carbocycles. The zero-order valence-corrected chi connectivity index (χ0v) is 11.5. The number of benzene rings is 1. The van der Waals surface area contributed by atoms with Gasteiger partial charge in [0.25, 0.3) is 0 Å². The van der Waals surface area contributed by atoms with E-state index >= 15 is 0 Å². The average Bonchev–Trinajstić information content (AvgIpc) is 2.36. The van der Waals surface area contributed by atoms with Crippen LogP contribution in [-0.2, 0) is 0 Å². The lowest BCUT2D eigenvalue weighted by atomic mass is 9.90. The lowest BCUT2D eigenvalue weighted by Crippen LogP contribution is -2.43. The van der Waals surface area contributed by atoms with E-state index in [0.717, 1.165) is 12.8 Å². The van der Waals surface area contributed by atoms with Crippen LogP contribution >= 0.6 is 0 Å². The summed E-state index contributed by atoms with van der Waals surface area (Å²) in [4.78, 5) is 11.2. The summed E-state index contributed by atoms with van der Waals surface area (Å²) < 4.78 is 11.4. The van der Waals surface area contributed by atoms with Crippen molar-refractivity contribution in [2.75, 3.05) is 6.61 Å². The minimum absolute atomic E-state index is 0.0751. The molecule has 0 radical (unpaired) electrons. The summed E-state index contributed by atoms with van der Waals surface area (Å²) in [7, 11) is 0. The Morgan fingerprint density at radius 1 is 1.55 bits per heavy atom. The minimum atomic E-state index is -0.983. The zero-order chi connectivity index (χ0) is 14.7. The highest BCUT2D eigenvalue weighted by Crippen LogP contribution is 2.36. The molecule has 0 aliphatic heterocycles. The fourth-order valence-corrected chi connectivity index (χ4v) is 2.20. The van der Waals surface area contributed by atoms with Crippen LogP contribution in [0.25, 0.3) is 0 Å². The maximum Gasteiger partial charge on any atom is 0.336 e. The molecule has 1 aliphatic carbocycles. The van der Waals surface area contributed by atoms with E-state index in [1.165, 1.54) is 6.07 Å². The van der Waals surface area contributed by atoms with Crippen molar-refractivity contribution >= 4 is 5.97 Å². The first kappa shape index (κ1) is 14.4. The summed E-state index contributed by atoms with van der Waals surface area (Å²) in [6.45, 7) is 5.60. The second kappa shape index (κ2) is 5.96. The molecule has 1 aromatic carbocycles. The van der Waals surface area contributed by atoms with Gasteiger partial charge in [-0.2, -0.15) is 0 Å². The van der Waals surface area contributed by atoms with Gasteiger partial charge in [0.05, 0.1) is 5.56 Å². The molecule has 3 N–H and O–H groups in total. The topological polar surface area (TPSA) is 81.8 Å². The molecule has 0 saturated heterocycles. The normalized spacial score (nSPS) is 20.9. The molecule has 1 fully saturated rings. The number of hydrogen-bond donors (Lipinski definition) is 2. The number of carboxylic acid groups (broad SMARTS) is 1. The van der Waals surface area contributed by atoms with E-state index in [0.29, 0.717) is 23.7 Å². The van der Waals surface area contributed by atoms with Crippen LogP contribution in [0.3, 0.4) is 0 Å². The molecular formula is C15H19NO4. The van der Waals surface area contributed by atoms with E-state index in [1.54, 1.807) is 19.1 Å². The zero-order valence-electron chi connectivity index (χ0n) is 11.5. The van der Waals surface area contributed by atoms with Crippen LogP contribution in [0.2, 0.25) is 0 Å². The van der Waals surface area contributed by atoms with Gasteiger partial charge in [0, 0.05) is 11.6 Å². The number of aromatic carboxylic acids is 1. The Labute approximate surface area is 118 Å². The van der Waals surface area contributed by atoms with Crippen molar-refractivity contribution in [1.29, 1.82) is 0 Å². The van der Waals surface area contributed by atoms with Crippen molar-refractivity contribution in [3.63, 3.8) is 0 Å². The quantitative estimate of drug-likeness (QED) is 0.778. The van der Waals surface area contributed by atoms with Crippen LogP contribution < -0.4 is 15.2 Å². The van der Waals surface area contributed by atoms with Crippen LogP contribution in [0.1, 0.15) is 28.8 Å². The molecule has 0 heterocycles. The molecule has 5 heteroatoms. The lowest BCUT2D eigenvalue weighted by Gasteiger charge is -2.33.